The van der Waals surface area contributed by atoms with Crippen molar-refractivity contribution in [1.82, 2.24) is 4.90 Å². The van der Waals surface area contributed by atoms with Crippen molar-refractivity contribution >= 4 is 5.97 Å². The molecule has 1 aliphatic heterocycles. The number of carboxylic acid groups (broad SMARTS) is 1. The summed E-state index contributed by atoms with van der Waals surface area (Å²) in [6.45, 7) is 5.52. The number of fused-ring (bicyclic) bond motifs is 1. The highest BCUT2D eigenvalue weighted by molar-refractivity contribution is 5.74. The maximum Gasteiger partial charge on any atom is 0.320 e. The standard InChI is InChI=1S/C15H19N3O4/c1-4-9-5-6-12-13(14(9)18(21)22)10(8(2)17(12)3)7-11(16)15(19)20/h4-6,8,11,14H,1,7,16H2,2-3H3,(H,19,20). The van der Waals surface area contributed by atoms with E-state index in [2.05, 4.69) is 6.58 Å². The van der Waals surface area contributed by atoms with E-state index in [4.69, 9.17) is 10.8 Å². The minimum Gasteiger partial charge on any atom is -0.480 e. The molecule has 3 N–H and O–H groups in total. The van der Waals surface area contributed by atoms with Crippen molar-refractivity contribution < 1.29 is 14.8 Å². The molecule has 1 heterocycles. The van der Waals surface area contributed by atoms with E-state index >= 15 is 0 Å². The van der Waals surface area contributed by atoms with E-state index in [1.165, 1.54) is 6.08 Å². The smallest absolute Gasteiger partial charge is 0.320 e. The van der Waals surface area contributed by atoms with Crippen molar-refractivity contribution in [3.8, 4) is 0 Å². The van der Waals surface area contributed by atoms with Gasteiger partial charge in [-0.05, 0) is 31.1 Å². The molecule has 0 saturated heterocycles. The zero-order valence-electron chi connectivity index (χ0n) is 12.5. The molecule has 0 bridgehead atoms. The summed E-state index contributed by atoms with van der Waals surface area (Å²) in [7, 11) is 1.83. The van der Waals surface area contributed by atoms with Crippen LogP contribution in [0.15, 0.2) is 47.2 Å². The largest absolute Gasteiger partial charge is 0.480 e. The lowest BCUT2D eigenvalue weighted by atomic mass is 9.87. The average Bonchev–Trinajstić information content (AvgIpc) is 2.70. The van der Waals surface area contributed by atoms with Gasteiger partial charge in [0, 0.05) is 29.3 Å². The van der Waals surface area contributed by atoms with E-state index < -0.39 is 18.1 Å². The molecule has 0 aromatic rings. The fourth-order valence-electron chi connectivity index (χ4n) is 2.99. The number of nitrogens with two attached hydrogens (primary N) is 1. The molecular formula is C15H19N3O4. The Labute approximate surface area is 128 Å². The lowest BCUT2D eigenvalue weighted by Crippen LogP contribution is -2.33. The lowest BCUT2D eigenvalue weighted by Gasteiger charge is -2.24. The molecule has 0 aromatic carbocycles. The van der Waals surface area contributed by atoms with E-state index in [0.29, 0.717) is 16.7 Å². The monoisotopic (exact) mass is 305 g/mol. The molecule has 2 rings (SSSR count). The van der Waals surface area contributed by atoms with Crippen molar-refractivity contribution in [3.63, 3.8) is 0 Å². The summed E-state index contributed by atoms with van der Waals surface area (Å²) in [5, 5.41) is 20.6. The van der Waals surface area contributed by atoms with E-state index in [0.717, 1.165) is 5.70 Å². The van der Waals surface area contributed by atoms with Gasteiger partial charge in [0.15, 0.2) is 0 Å². The van der Waals surface area contributed by atoms with Crippen molar-refractivity contribution in [2.75, 3.05) is 7.05 Å². The molecule has 118 valence electrons. The summed E-state index contributed by atoms with van der Waals surface area (Å²) in [5.41, 5.74) is 8.13. The third-order valence-corrected chi connectivity index (χ3v) is 4.31. The van der Waals surface area contributed by atoms with Crippen LogP contribution in [-0.4, -0.2) is 46.1 Å². The van der Waals surface area contributed by atoms with Gasteiger partial charge in [0.05, 0.1) is 5.57 Å². The van der Waals surface area contributed by atoms with Gasteiger partial charge in [-0.15, -0.1) is 0 Å². The Morgan fingerprint density at radius 2 is 2.27 bits per heavy atom. The Hall–Kier alpha value is -2.41. The van der Waals surface area contributed by atoms with Crippen LogP contribution in [0.1, 0.15) is 13.3 Å². The summed E-state index contributed by atoms with van der Waals surface area (Å²) in [5.74, 6) is -1.12. The minimum absolute atomic E-state index is 0.0856. The van der Waals surface area contributed by atoms with Crippen molar-refractivity contribution in [2.45, 2.75) is 31.5 Å². The number of carboxylic acids is 1. The van der Waals surface area contributed by atoms with Crippen LogP contribution >= 0.6 is 0 Å². The topological polar surface area (TPSA) is 110 Å². The van der Waals surface area contributed by atoms with E-state index in [1.54, 1.807) is 6.08 Å². The maximum absolute atomic E-state index is 11.5. The molecule has 7 heteroatoms. The number of allylic oxidation sites excluding steroid dienone is 2. The first-order chi connectivity index (χ1) is 10.3. The van der Waals surface area contributed by atoms with Gasteiger partial charge >= 0.3 is 5.97 Å². The number of likely N-dealkylation sites (N-methyl/N-ethyl adjacent to an activating group) is 1. The first-order valence-electron chi connectivity index (χ1n) is 6.91. The van der Waals surface area contributed by atoms with E-state index in [-0.39, 0.29) is 17.4 Å². The van der Waals surface area contributed by atoms with E-state index in [1.807, 2.05) is 24.9 Å². The van der Waals surface area contributed by atoms with Gasteiger partial charge in [-0.1, -0.05) is 12.7 Å². The number of carbonyl (C=O) groups is 1. The van der Waals surface area contributed by atoms with Crippen LogP contribution in [0.4, 0.5) is 0 Å². The number of hydrogen-bond donors (Lipinski definition) is 2. The molecule has 0 radical (unpaired) electrons. The quantitative estimate of drug-likeness (QED) is 0.581. The van der Waals surface area contributed by atoms with Gasteiger partial charge in [0.25, 0.3) is 6.04 Å². The highest BCUT2D eigenvalue weighted by atomic mass is 16.6. The third-order valence-electron chi connectivity index (χ3n) is 4.31. The predicted octanol–water partition coefficient (Wildman–Crippen LogP) is 1.07. The minimum atomic E-state index is -1.12. The summed E-state index contributed by atoms with van der Waals surface area (Å²) in [6, 6.07) is -2.24. The molecule has 2 aliphatic rings. The molecule has 1 aliphatic carbocycles. The number of aliphatic carboxylic acids is 1. The van der Waals surface area contributed by atoms with Crippen LogP contribution in [0.25, 0.3) is 0 Å². The first-order valence-corrected chi connectivity index (χ1v) is 6.91. The fraction of sp³-hybridized carbons (Fsp3) is 0.400. The molecule has 0 saturated carbocycles. The molecule has 22 heavy (non-hydrogen) atoms. The molecule has 0 spiro atoms. The number of rotatable bonds is 5. The van der Waals surface area contributed by atoms with Crippen LogP contribution in [0.2, 0.25) is 0 Å². The fourth-order valence-corrected chi connectivity index (χ4v) is 2.99. The highest BCUT2D eigenvalue weighted by Gasteiger charge is 2.43. The zero-order valence-corrected chi connectivity index (χ0v) is 12.5. The molecule has 3 atom stereocenters. The second kappa shape index (κ2) is 5.76. The Balaban J connectivity index is 2.56. The van der Waals surface area contributed by atoms with Gasteiger partial charge in [-0.25, -0.2) is 0 Å². The third kappa shape index (κ3) is 2.43. The van der Waals surface area contributed by atoms with Gasteiger partial charge in [-0.2, -0.15) is 0 Å². The van der Waals surface area contributed by atoms with Gasteiger partial charge in [0.1, 0.15) is 6.04 Å². The Kier molecular flexibility index (Phi) is 4.18. The van der Waals surface area contributed by atoms with Crippen LogP contribution in [-0.2, 0) is 4.79 Å². The van der Waals surface area contributed by atoms with Crippen molar-refractivity contribution in [2.24, 2.45) is 5.73 Å². The molecular weight excluding hydrogens is 286 g/mol. The van der Waals surface area contributed by atoms with Gasteiger partial charge in [-0.3, -0.25) is 14.9 Å². The highest BCUT2D eigenvalue weighted by Crippen LogP contribution is 2.41. The molecule has 7 nitrogen and oxygen atoms in total. The first kappa shape index (κ1) is 16.0. The number of hydrogen-bond acceptors (Lipinski definition) is 5. The molecule has 0 amide bonds. The Morgan fingerprint density at radius 3 is 2.77 bits per heavy atom. The predicted molar refractivity (Wildman–Crippen MR) is 81.6 cm³/mol. The van der Waals surface area contributed by atoms with E-state index in [9.17, 15) is 14.9 Å². The number of nitro groups is 1. The van der Waals surface area contributed by atoms with Crippen LogP contribution < -0.4 is 5.73 Å². The normalized spacial score (nSPS) is 25.3. The van der Waals surface area contributed by atoms with Crippen molar-refractivity contribution in [3.05, 3.63) is 57.3 Å². The average molecular weight is 305 g/mol. The van der Waals surface area contributed by atoms with Gasteiger partial charge in [0.2, 0.25) is 0 Å². The SMILES string of the molecule is C=CC1=CC=C2C(=C(CC(N)C(=O)O)C(C)N2C)C1[N+](=O)[O-]. The van der Waals surface area contributed by atoms with Crippen molar-refractivity contribution in [1.29, 1.82) is 0 Å². The zero-order chi connectivity index (χ0) is 16.6. The van der Waals surface area contributed by atoms with Crippen LogP contribution in [0, 0.1) is 10.1 Å². The second-order valence-corrected chi connectivity index (χ2v) is 5.49. The maximum atomic E-state index is 11.5. The van der Waals surface area contributed by atoms with Crippen LogP contribution in [0.5, 0.6) is 0 Å². The van der Waals surface area contributed by atoms with Crippen LogP contribution in [0.3, 0.4) is 0 Å². The summed E-state index contributed by atoms with van der Waals surface area (Å²) < 4.78 is 0. The Morgan fingerprint density at radius 1 is 1.64 bits per heavy atom. The second-order valence-electron chi connectivity index (χ2n) is 5.49. The Bertz CT molecular complexity index is 633. The summed E-state index contributed by atoms with van der Waals surface area (Å²) >= 11 is 0. The summed E-state index contributed by atoms with van der Waals surface area (Å²) in [6.07, 6.45) is 5.04. The lowest BCUT2D eigenvalue weighted by molar-refractivity contribution is -0.501. The molecule has 0 fully saturated rings. The molecule has 0 aromatic heterocycles. The molecule has 3 unspecified atom stereocenters. The number of nitrogens with zero attached hydrogens (tertiary/aromatic N) is 2. The van der Waals surface area contributed by atoms with Gasteiger partial charge < -0.3 is 15.7 Å². The summed E-state index contributed by atoms with van der Waals surface area (Å²) in [4.78, 5) is 24.1.